The number of aromatic nitrogens is 1. The Bertz CT molecular complexity index is 967. The molecule has 0 unspecified atom stereocenters. The fraction of sp³-hybridized carbons (Fsp3) is 0.500. The van der Waals surface area contributed by atoms with Crippen molar-refractivity contribution >= 4 is 5.91 Å². The van der Waals surface area contributed by atoms with Crippen LogP contribution < -0.4 is 5.56 Å². The lowest BCUT2D eigenvalue weighted by Crippen LogP contribution is -2.46. The highest BCUT2D eigenvalue weighted by Gasteiger charge is 2.56. The third-order valence-electron chi connectivity index (χ3n) is 7.21. The van der Waals surface area contributed by atoms with Crippen LogP contribution in [0, 0.1) is 11.8 Å². The summed E-state index contributed by atoms with van der Waals surface area (Å²) in [4.78, 5) is 30.7. The molecule has 0 aliphatic carbocycles. The van der Waals surface area contributed by atoms with Gasteiger partial charge in [-0.3, -0.25) is 14.5 Å². The van der Waals surface area contributed by atoms with Gasteiger partial charge in [-0.15, -0.1) is 0 Å². The largest absolute Gasteiger partial charge is 0.396 e. The summed E-state index contributed by atoms with van der Waals surface area (Å²) in [5.74, 6) is -0.353. The predicted octanol–water partition coefficient (Wildman–Crippen LogP) is 2.02. The van der Waals surface area contributed by atoms with Gasteiger partial charge in [0, 0.05) is 56.5 Å². The van der Waals surface area contributed by atoms with Crippen LogP contribution >= 0.6 is 0 Å². The van der Waals surface area contributed by atoms with Gasteiger partial charge in [0.15, 0.2) is 0 Å². The van der Waals surface area contributed by atoms with E-state index >= 15 is 0 Å². The SMILES string of the molecule is O=C([C@@H]1[C@@H](CO)[C@@H]2Cn3c(cccc3=O)[C@H]1N2Cc1ccccc1)N1CCCCC1. The lowest BCUT2D eigenvalue weighted by molar-refractivity contribution is -0.139. The molecule has 1 amide bonds. The molecular formula is C24H29N3O3. The van der Waals surface area contributed by atoms with Crippen molar-refractivity contribution < 1.29 is 9.90 Å². The van der Waals surface area contributed by atoms with Crippen LogP contribution in [0.5, 0.6) is 0 Å². The normalized spacial score (nSPS) is 28.4. The molecule has 1 N–H and O–H groups in total. The minimum absolute atomic E-state index is 0.0235. The van der Waals surface area contributed by atoms with Crippen molar-refractivity contribution in [3.05, 3.63) is 70.1 Å². The van der Waals surface area contributed by atoms with Crippen molar-refractivity contribution in [1.82, 2.24) is 14.4 Å². The number of pyridine rings is 1. The molecule has 2 aromatic rings. The summed E-state index contributed by atoms with van der Waals surface area (Å²) >= 11 is 0. The van der Waals surface area contributed by atoms with E-state index in [0.717, 1.165) is 31.6 Å². The minimum Gasteiger partial charge on any atom is -0.396 e. The number of fused-ring (bicyclic) bond motifs is 4. The standard InChI is InChI=1S/C24H29N3O3/c28-16-18-20-15-26-19(10-7-11-21(26)29)23(27(20)14-17-8-3-1-4-9-17)22(18)24(30)25-12-5-2-6-13-25/h1,3-4,7-11,18,20,22-23,28H,2,5-6,12-16H2/t18-,20-,22+,23+/m0/s1. The van der Waals surface area contributed by atoms with Crippen LogP contribution in [0.2, 0.25) is 0 Å². The number of amides is 1. The van der Waals surface area contributed by atoms with E-state index in [0.29, 0.717) is 13.1 Å². The van der Waals surface area contributed by atoms with E-state index in [9.17, 15) is 14.7 Å². The second-order valence-electron chi connectivity index (χ2n) is 8.83. The zero-order valence-electron chi connectivity index (χ0n) is 17.2. The number of nitrogens with zero attached hydrogens (tertiary/aromatic N) is 3. The minimum atomic E-state index is -0.322. The number of carbonyl (C=O) groups is 1. The molecule has 4 heterocycles. The molecule has 2 saturated heterocycles. The van der Waals surface area contributed by atoms with Gasteiger partial charge in [0.05, 0.1) is 12.0 Å². The van der Waals surface area contributed by atoms with E-state index in [4.69, 9.17) is 0 Å². The summed E-state index contributed by atoms with van der Waals surface area (Å²) < 4.78 is 1.82. The molecule has 0 spiro atoms. The third kappa shape index (κ3) is 3.19. The van der Waals surface area contributed by atoms with Gasteiger partial charge in [-0.2, -0.15) is 0 Å². The molecule has 6 heteroatoms. The van der Waals surface area contributed by atoms with E-state index in [2.05, 4.69) is 17.0 Å². The number of aliphatic hydroxyl groups excluding tert-OH is 1. The predicted molar refractivity (Wildman–Crippen MR) is 114 cm³/mol. The molecule has 3 aliphatic rings. The zero-order chi connectivity index (χ0) is 20.7. The van der Waals surface area contributed by atoms with E-state index in [1.54, 1.807) is 12.1 Å². The monoisotopic (exact) mass is 407 g/mol. The second-order valence-corrected chi connectivity index (χ2v) is 8.83. The molecular weight excluding hydrogens is 378 g/mol. The van der Waals surface area contributed by atoms with Gasteiger partial charge in [-0.25, -0.2) is 0 Å². The number of rotatable bonds is 4. The lowest BCUT2D eigenvalue weighted by Gasteiger charge is -2.38. The molecule has 158 valence electrons. The Balaban J connectivity index is 1.58. The first-order valence-corrected chi connectivity index (χ1v) is 11.1. The third-order valence-corrected chi connectivity index (χ3v) is 7.21. The van der Waals surface area contributed by atoms with Gasteiger partial charge in [0.2, 0.25) is 5.91 Å². The average Bonchev–Trinajstić information content (AvgIpc) is 2.99. The van der Waals surface area contributed by atoms with Crippen molar-refractivity contribution in [3.63, 3.8) is 0 Å². The van der Waals surface area contributed by atoms with Gasteiger partial charge in [0.1, 0.15) is 0 Å². The topological polar surface area (TPSA) is 65.8 Å². The quantitative estimate of drug-likeness (QED) is 0.842. The smallest absolute Gasteiger partial charge is 0.250 e. The van der Waals surface area contributed by atoms with Crippen molar-refractivity contribution in [3.8, 4) is 0 Å². The van der Waals surface area contributed by atoms with E-state index < -0.39 is 0 Å². The summed E-state index contributed by atoms with van der Waals surface area (Å²) in [5, 5.41) is 10.4. The Labute approximate surface area is 176 Å². The Hall–Kier alpha value is -2.44. The van der Waals surface area contributed by atoms with E-state index in [1.165, 1.54) is 12.0 Å². The van der Waals surface area contributed by atoms with Crippen LogP contribution in [-0.4, -0.2) is 51.1 Å². The molecule has 5 rings (SSSR count). The van der Waals surface area contributed by atoms with Crippen LogP contribution in [0.15, 0.2) is 53.3 Å². The van der Waals surface area contributed by atoms with Gasteiger partial charge < -0.3 is 14.6 Å². The first kappa shape index (κ1) is 19.5. The molecule has 0 saturated carbocycles. The number of benzene rings is 1. The van der Waals surface area contributed by atoms with Gasteiger partial charge in [-0.05, 0) is 30.9 Å². The summed E-state index contributed by atoms with van der Waals surface area (Å²) in [7, 11) is 0. The maximum atomic E-state index is 13.7. The summed E-state index contributed by atoms with van der Waals surface area (Å²) in [5.41, 5.74) is 2.06. The van der Waals surface area contributed by atoms with Crippen LogP contribution in [0.25, 0.3) is 0 Å². The highest BCUT2D eigenvalue weighted by Crippen LogP contribution is 2.49. The Morgan fingerprint density at radius 3 is 2.50 bits per heavy atom. The summed E-state index contributed by atoms with van der Waals surface area (Å²) in [6.45, 7) is 2.78. The van der Waals surface area contributed by atoms with Crippen LogP contribution in [0.3, 0.4) is 0 Å². The Kier molecular flexibility index (Phi) is 5.21. The summed E-state index contributed by atoms with van der Waals surface area (Å²) in [6, 6.07) is 15.4. The molecule has 1 aromatic carbocycles. The number of piperidine rings is 1. The first-order chi connectivity index (χ1) is 14.7. The number of hydrogen-bond donors (Lipinski definition) is 1. The second kappa shape index (κ2) is 8.00. The molecule has 4 atom stereocenters. The highest BCUT2D eigenvalue weighted by molar-refractivity contribution is 5.81. The maximum absolute atomic E-state index is 13.7. The highest BCUT2D eigenvalue weighted by atomic mass is 16.3. The molecule has 6 nitrogen and oxygen atoms in total. The van der Waals surface area contributed by atoms with Crippen LogP contribution in [0.4, 0.5) is 0 Å². The zero-order valence-corrected chi connectivity index (χ0v) is 17.2. The fourth-order valence-electron chi connectivity index (χ4n) is 5.79. The molecule has 0 radical (unpaired) electrons. The molecule has 30 heavy (non-hydrogen) atoms. The maximum Gasteiger partial charge on any atom is 0.250 e. The van der Waals surface area contributed by atoms with E-state index in [1.807, 2.05) is 33.7 Å². The van der Waals surface area contributed by atoms with Gasteiger partial charge in [-0.1, -0.05) is 36.4 Å². The average molecular weight is 408 g/mol. The van der Waals surface area contributed by atoms with Crippen molar-refractivity contribution in [2.75, 3.05) is 19.7 Å². The molecule has 2 fully saturated rings. The molecule has 3 aliphatic heterocycles. The number of carbonyl (C=O) groups excluding carboxylic acids is 1. The van der Waals surface area contributed by atoms with Crippen molar-refractivity contribution in [2.45, 2.75) is 44.4 Å². The first-order valence-electron chi connectivity index (χ1n) is 11.1. The fourth-order valence-corrected chi connectivity index (χ4v) is 5.79. The Morgan fingerprint density at radius 2 is 1.77 bits per heavy atom. The van der Waals surface area contributed by atoms with Crippen LogP contribution in [0.1, 0.15) is 36.6 Å². The Morgan fingerprint density at radius 1 is 1.00 bits per heavy atom. The van der Waals surface area contributed by atoms with Crippen molar-refractivity contribution in [1.29, 1.82) is 0 Å². The number of hydrogen-bond acceptors (Lipinski definition) is 4. The molecule has 2 bridgehead atoms. The number of likely N-dealkylation sites (tertiary alicyclic amines) is 1. The van der Waals surface area contributed by atoms with Gasteiger partial charge >= 0.3 is 0 Å². The van der Waals surface area contributed by atoms with Crippen LogP contribution in [-0.2, 0) is 17.9 Å². The lowest BCUT2D eigenvalue weighted by atomic mass is 9.85. The molecule has 1 aromatic heterocycles. The van der Waals surface area contributed by atoms with E-state index in [-0.39, 0.29) is 42.0 Å². The van der Waals surface area contributed by atoms with Crippen molar-refractivity contribution in [2.24, 2.45) is 11.8 Å². The van der Waals surface area contributed by atoms with Gasteiger partial charge in [0.25, 0.3) is 5.56 Å². The summed E-state index contributed by atoms with van der Waals surface area (Å²) in [6.07, 6.45) is 3.25. The number of aliphatic hydroxyl groups is 1.